The van der Waals surface area contributed by atoms with E-state index >= 15 is 0 Å². The van der Waals surface area contributed by atoms with Crippen molar-refractivity contribution in [1.82, 2.24) is 0 Å². The highest BCUT2D eigenvalue weighted by atomic mass is 32.2. The maximum absolute atomic E-state index is 15.0. The van der Waals surface area contributed by atoms with E-state index in [9.17, 15) is 36.1 Å². The summed E-state index contributed by atoms with van der Waals surface area (Å²) < 4.78 is 82.7. The highest BCUT2D eigenvalue weighted by Gasteiger charge is 2.79. The predicted octanol–water partition coefficient (Wildman–Crippen LogP) is 6.25. The summed E-state index contributed by atoms with van der Waals surface area (Å²) in [6.07, 6.45) is -1.31. The Morgan fingerprint density at radius 3 is 2.31 bits per heavy atom. The zero-order chi connectivity index (χ0) is 26.3. The summed E-state index contributed by atoms with van der Waals surface area (Å²) in [5.41, 5.74) is -1.18. The normalized spacial score (nSPS) is 35.6. The summed E-state index contributed by atoms with van der Waals surface area (Å²) >= 11 is 0. The van der Waals surface area contributed by atoms with Crippen LogP contribution in [0.2, 0.25) is 0 Å². The summed E-state index contributed by atoms with van der Waals surface area (Å²) in [7, 11) is -1.23. The van der Waals surface area contributed by atoms with Crippen LogP contribution in [0.25, 0.3) is 0 Å². The summed E-state index contributed by atoms with van der Waals surface area (Å²) in [5.74, 6) is -6.49. The molecule has 36 heavy (non-hydrogen) atoms. The Hall–Kier alpha value is -1.87. The minimum absolute atomic E-state index is 0.0415. The Bertz CT molecular complexity index is 1180. The number of aliphatic hydroxyl groups is 1. The van der Waals surface area contributed by atoms with Gasteiger partial charge < -0.3 is 5.11 Å². The first kappa shape index (κ1) is 25.8. The number of hydrogen-bond donors (Lipinski definition) is 1. The van der Waals surface area contributed by atoms with E-state index in [0.717, 1.165) is 22.3 Å². The second-order valence-electron chi connectivity index (χ2n) is 11.0. The molecule has 0 radical (unpaired) electrons. The maximum Gasteiger partial charge on any atom is 0.456 e. The highest BCUT2D eigenvalue weighted by Crippen LogP contribution is 2.70. The van der Waals surface area contributed by atoms with Crippen molar-refractivity contribution in [2.75, 3.05) is 6.26 Å². The lowest BCUT2D eigenvalue weighted by Crippen LogP contribution is -2.65. The number of carbonyl (C=O) groups excluding carboxylic acids is 1. The molecule has 2 unspecified atom stereocenters. The lowest BCUT2D eigenvalue weighted by Gasteiger charge is -2.56. The first-order chi connectivity index (χ1) is 16.7. The number of allylic oxidation sites excluding steroid dienone is 4. The van der Waals surface area contributed by atoms with Crippen LogP contribution in [0.4, 0.5) is 22.0 Å². The van der Waals surface area contributed by atoms with Crippen LogP contribution in [0.5, 0.6) is 0 Å². The Balaban J connectivity index is 1.69. The molecule has 4 aliphatic rings. The molecule has 3 nitrogen and oxygen atoms in total. The van der Waals surface area contributed by atoms with Crippen LogP contribution in [0.3, 0.4) is 0 Å². The van der Waals surface area contributed by atoms with Crippen LogP contribution in [-0.2, 0) is 15.6 Å². The summed E-state index contributed by atoms with van der Waals surface area (Å²) in [5, 5.41) is 11.3. The molecule has 0 amide bonds. The summed E-state index contributed by atoms with van der Waals surface area (Å²) in [6.45, 7) is 1.41. The van der Waals surface area contributed by atoms with Crippen LogP contribution in [0, 0.1) is 17.3 Å². The number of fused-ring (bicyclic) bond motifs is 4. The second kappa shape index (κ2) is 8.32. The molecular formula is C27H29F5O3S. The molecule has 2 fully saturated rings. The van der Waals surface area contributed by atoms with Gasteiger partial charge in [0.25, 0.3) is 0 Å². The molecule has 1 N–H and O–H groups in total. The van der Waals surface area contributed by atoms with Gasteiger partial charge in [0.1, 0.15) is 5.60 Å². The molecule has 0 aromatic heterocycles. The lowest BCUT2D eigenvalue weighted by molar-refractivity contribution is -0.362. The SMILES string of the molecule is C[S@](=O)c1ccc([C@H]2C[C@@]3(C)C(CC[C@@]3(O)C(F)(F)C(F)(F)F)C3CCC4=CC(=O)CCC4=C32)cc1. The van der Waals surface area contributed by atoms with Gasteiger partial charge in [-0.25, -0.2) is 0 Å². The van der Waals surface area contributed by atoms with E-state index in [1.54, 1.807) is 30.3 Å². The molecule has 5 rings (SSSR count). The van der Waals surface area contributed by atoms with Gasteiger partial charge in [-0.05, 0) is 85.3 Å². The van der Waals surface area contributed by atoms with E-state index in [1.807, 2.05) is 0 Å². The Kier molecular flexibility index (Phi) is 5.95. The number of benzene rings is 1. The lowest BCUT2D eigenvalue weighted by atomic mass is 9.50. The van der Waals surface area contributed by atoms with Crippen molar-refractivity contribution in [3.63, 3.8) is 0 Å². The van der Waals surface area contributed by atoms with Crippen LogP contribution >= 0.6 is 0 Å². The molecule has 2 saturated carbocycles. The van der Waals surface area contributed by atoms with Gasteiger partial charge in [-0.2, -0.15) is 22.0 Å². The van der Waals surface area contributed by atoms with Crippen molar-refractivity contribution in [1.29, 1.82) is 0 Å². The first-order valence-electron chi connectivity index (χ1n) is 12.3. The fourth-order valence-electron chi connectivity index (χ4n) is 7.61. The molecule has 0 spiro atoms. The van der Waals surface area contributed by atoms with Gasteiger partial charge in [0.05, 0.1) is 0 Å². The van der Waals surface area contributed by atoms with Crippen molar-refractivity contribution >= 4 is 16.6 Å². The number of carbonyl (C=O) groups is 1. The second-order valence-corrected chi connectivity index (χ2v) is 12.4. The minimum atomic E-state index is -5.87. The topological polar surface area (TPSA) is 54.4 Å². The molecule has 1 aromatic carbocycles. The molecule has 1 aromatic rings. The Morgan fingerprint density at radius 1 is 1.03 bits per heavy atom. The van der Waals surface area contributed by atoms with E-state index in [2.05, 4.69) is 0 Å². The van der Waals surface area contributed by atoms with Crippen molar-refractivity contribution in [2.24, 2.45) is 17.3 Å². The number of rotatable bonds is 3. The number of ketones is 1. The van der Waals surface area contributed by atoms with Crippen LogP contribution in [0.15, 0.2) is 52.0 Å². The molecule has 9 heteroatoms. The molecule has 6 atom stereocenters. The smallest absolute Gasteiger partial charge is 0.383 e. The van der Waals surface area contributed by atoms with E-state index in [1.165, 1.54) is 13.2 Å². The quantitative estimate of drug-likeness (QED) is 0.472. The third-order valence-corrected chi connectivity index (χ3v) is 10.3. The zero-order valence-corrected chi connectivity index (χ0v) is 20.9. The highest BCUT2D eigenvalue weighted by molar-refractivity contribution is 7.84. The largest absolute Gasteiger partial charge is 0.456 e. The van der Waals surface area contributed by atoms with Crippen molar-refractivity contribution in [3.05, 3.63) is 52.6 Å². The van der Waals surface area contributed by atoms with Crippen LogP contribution < -0.4 is 0 Å². The predicted molar refractivity (Wildman–Crippen MR) is 125 cm³/mol. The number of alkyl halides is 5. The average Bonchev–Trinajstić information content (AvgIpc) is 3.09. The average molecular weight is 529 g/mol. The molecule has 4 aliphatic carbocycles. The minimum Gasteiger partial charge on any atom is -0.383 e. The fraction of sp³-hybridized carbons (Fsp3) is 0.593. The summed E-state index contributed by atoms with van der Waals surface area (Å²) in [6, 6.07) is 6.90. The fourth-order valence-corrected chi connectivity index (χ4v) is 8.13. The zero-order valence-electron chi connectivity index (χ0n) is 20.1. The van der Waals surface area contributed by atoms with Gasteiger partial charge in [0.2, 0.25) is 0 Å². The third-order valence-electron chi connectivity index (χ3n) is 9.38. The first-order valence-corrected chi connectivity index (χ1v) is 13.8. The van der Waals surface area contributed by atoms with Crippen LogP contribution in [0.1, 0.15) is 63.4 Å². The van der Waals surface area contributed by atoms with E-state index in [0.29, 0.717) is 30.6 Å². The van der Waals surface area contributed by atoms with Crippen molar-refractivity contribution in [3.8, 4) is 0 Å². The van der Waals surface area contributed by atoms with Gasteiger partial charge in [-0.1, -0.05) is 24.6 Å². The van der Waals surface area contributed by atoms with Gasteiger partial charge in [0, 0.05) is 39.7 Å². The van der Waals surface area contributed by atoms with Crippen LogP contribution in [-0.4, -0.2) is 39.1 Å². The standard InChI is InChI=1S/C27H29F5O3S/c1-24-14-21(15-3-7-18(8-4-15)36(2)35)23-19-10-6-17(33)13-16(19)5-9-20(23)22(24)11-12-25(24,34)26(28,29)27(30,31)32/h3-4,7-8,13,20-22,34H,5-6,9-12,14H2,1-2H3/t20?,21-,22?,24+,25+,36+/m1/s1. The third kappa shape index (κ3) is 3.51. The molecule has 0 saturated heterocycles. The molecule has 0 heterocycles. The van der Waals surface area contributed by atoms with E-state index in [4.69, 9.17) is 0 Å². The van der Waals surface area contributed by atoms with Gasteiger partial charge >= 0.3 is 12.1 Å². The molecular weight excluding hydrogens is 499 g/mol. The Morgan fingerprint density at radius 2 is 1.69 bits per heavy atom. The van der Waals surface area contributed by atoms with E-state index < -0.39 is 52.2 Å². The summed E-state index contributed by atoms with van der Waals surface area (Å²) in [4.78, 5) is 12.7. The van der Waals surface area contributed by atoms with Crippen molar-refractivity contribution in [2.45, 2.75) is 80.4 Å². The van der Waals surface area contributed by atoms with Gasteiger partial charge in [-0.3, -0.25) is 9.00 Å². The molecule has 0 bridgehead atoms. The maximum atomic E-state index is 15.0. The van der Waals surface area contributed by atoms with Gasteiger partial charge in [-0.15, -0.1) is 0 Å². The molecule has 196 valence electrons. The monoisotopic (exact) mass is 528 g/mol. The Labute approximate surface area is 209 Å². The van der Waals surface area contributed by atoms with E-state index in [-0.39, 0.29) is 24.5 Å². The van der Waals surface area contributed by atoms with Crippen molar-refractivity contribution < 1.29 is 36.1 Å². The number of halogens is 5. The van der Waals surface area contributed by atoms with Gasteiger partial charge in [0.15, 0.2) is 5.78 Å². The molecule has 0 aliphatic heterocycles. The number of hydrogen-bond acceptors (Lipinski definition) is 3.